The van der Waals surface area contributed by atoms with Crippen LogP contribution >= 0.6 is 0 Å². The molecule has 0 aliphatic carbocycles. The van der Waals surface area contributed by atoms with Crippen molar-refractivity contribution in [2.24, 2.45) is 0 Å². The molecular formula is C21H29NO2S. The zero-order chi connectivity index (χ0) is 19.0. The van der Waals surface area contributed by atoms with Gasteiger partial charge in [0.15, 0.2) is 0 Å². The number of benzene rings is 2. The molecule has 0 bridgehead atoms. The molecule has 0 fully saturated rings. The monoisotopic (exact) mass is 359 g/mol. The van der Waals surface area contributed by atoms with Crippen LogP contribution in [0.5, 0.6) is 0 Å². The minimum Gasteiger partial charge on any atom is -0.207 e. The van der Waals surface area contributed by atoms with Crippen molar-refractivity contribution in [3.8, 4) is 0 Å². The molecule has 0 spiro atoms. The fourth-order valence-corrected chi connectivity index (χ4v) is 4.91. The summed E-state index contributed by atoms with van der Waals surface area (Å²) in [5.74, 6) is 0. The molecule has 0 saturated heterocycles. The maximum Gasteiger partial charge on any atom is 0.241 e. The Bertz CT molecular complexity index is 837. The lowest BCUT2D eigenvalue weighted by Gasteiger charge is -2.21. The van der Waals surface area contributed by atoms with Gasteiger partial charge in [-0.05, 0) is 55.4 Å². The molecule has 0 aromatic heterocycles. The van der Waals surface area contributed by atoms with E-state index in [9.17, 15) is 8.42 Å². The molecule has 2 aromatic carbocycles. The van der Waals surface area contributed by atoms with E-state index in [-0.39, 0.29) is 11.5 Å². The van der Waals surface area contributed by atoms with Gasteiger partial charge in [0.25, 0.3) is 0 Å². The summed E-state index contributed by atoms with van der Waals surface area (Å²) in [4.78, 5) is 0.385. The average molecular weight is 360 g/mol. The molecule has 0 heterocycles. The number of aryl methyl sites for hydroxylation is 3. The van der Waals surface area contributed by atoms with E-state index in [1.807, 2.05) is 52.0 Å². The van der Waals surface area contributed by atoms with Crippen molar-refractivity contribution < 1.29 is 8.42 Å². The van der Waals surface area contributed by atoms with Gasteiger partial charge in [0.1, 0.15) is 0 Å². The summed E-state index contributed by atoms with van der Waals surface area (Å²) in [5, 5.41) is 0. The van der Waals surface area contributed by atoms with E-state index in [0.29, 0.717) is 4.90 Å². The predicted octanol–water partition coefficient (Wildman–Crippen LogP) is 4.95. The number of rotatable bonds is 4. The highest BCUT2D eigenvalue weighted by Gasteiger charge is 2.23. The van der Waals surface area contributed by atoms with Crippen molar-refractivity contribution >= 4 is 10.0 Å². The van der Waals surface area contributed by atoms with Crippen LogP contribution in [0, 0.1) is 20.8 Å². The Morgan fingerprint density at radius 2 is 1.40 bits per heavy atom. The summed E-state index contributed by atoms with van der Waals surface area (Å²) in [7, 11) is -3.57. The zero-order valence-electron chi connectivity index (χ0n) is 16.3. The van der Waals surface area contributed by atoms with Crippen molar-refractivity contribution in [2.75, 3.05) is 0 Å². The van der Waals surface area contributed by atoms with Crippen LogP contribution in [-0.2, 0) is 15.4 Å². The highest BCUT2D eigenvalue weighted by Crippen LogP contribution is 2.26. The Morgan fingerprint density at radius 1 is 0.920 bits per heavy atom. The standard InChI is InChI=1S/C21H29NO2S/c1-14-12-15(2)20(16(3)13-14)25(23,24)22-17(4)18-8-10-19(11-9-18)21(5,6)7/h8-13,17,22H,1-7H3/t17-/m0/s1. The third kappa shape index (κ3) is 4.50. The van der Waals surface area contributed by atoms with Gasteiger partial charge in [0.2, 0.25) is 10.0 Å². The Kier molecular flexibility index (Phi) is 5.45. The van der Waals surface area contributed by atoms with Crippen molar-refractivity contribution in [3.63, 3.8) is 0 Å². The van der Waals surface area contributed by atoms with Crippen LogP contribution in [0.2, 0.25) is 0 Å². The molecule has 3 nitrogen and oxygen atoms in total. The molecule has 2 rings (SSSR count). The minimum absolute atomic E-state index is 0.0807. The maximum absolute atomic E-state index is 12.9. The molecule has 0 aliphatic rings. The van der Waals surface area contributed by atoms with E-state index in [2.05, 4.69) is 37.6 Å². The first-order valence-electron chi connectivity index (χ1n) is 8.62. The summed E-state index contributed by atoms with van der Waals surface area (Å²) >= 11 is 0. The van der Waals surface area contributed by atoms with Gasteiger partial charge in [-0.2, -0.15) is 0 Å². The summed E-state index contributed by atoms with van der Waals surface area (Å²) in [6, 6.07) is 11.7. The molecule has 136 valence electrons. The average Bonchev–Trinajstić information content (AvgIpc) is 2.44. The lowest BCUT2D eigenvalue weighted by molar-refractivity contribution is 0.564. The van der Waals surface area contributed by atoms with Crippen molar-refractivity contribution in [3.05, 3.63) is 64.2 Å². The molecule has 0 radical (unpaired) electrons. The van der Waals surface area contributed by atoms with Gasteiger partial charge in [-0.3, -0.25) is 0 Å². The molecule has 0 amide bonds. The van der Waals surface area contributed by atoms with Crippen LogP contribution in [0.1, 0.15) is 61.6 Å². The molecule has 0 unspecified atom stereocenters. The number of nitrogens with one attached hydrogen (secondary N) is 1. The fraction of sp³-hybridized carbons (Fsp3) is 0.429. The van der Waals surface area contributed by atoms with E-state index < -0.39 is 10.0 Å². The summed E-state index contributed by atoms with van der Waals surface area (Å²) in [6.07, 6.45) is 0. The molecule has 4 heteroatoms. The summed E-state index contributed by atoms with van der Waals surface area (Å²) in [5.41, 5.74) is 4.90. The van der Waals surface area contributed by atoms with Crippen LogP contribution in [-0.4, -0.2) is 8.42 Å². The van der Waals surface area contributed by atoms with Gasteiger partial charge in [-0.15, -0.1) is 0 Å². The zero-order valence-corrected chi connectivity index (χ0v) is 17.1. The highest BCUT2D eigenvalue weighted by molar-refractivity contribution is 7.89. The first-order valence-corrected chi connectivity index (χ1v) is 10.1. The molecule has 2 aromatic rings. The lowest BCUT2D eigenvalue weighted by atomic mass is 9.86. The van der Waals surface area contributed by atoms with E-state index in [1.54, 1.807) is 0 Å². The van der Waals surface area contributed by atoms with Gasteiger partial charge in [0, 0.05) is 6.04 Å². The normalized spacial score (nSPS) is 13.7. The van der Waals surface area contributed by atoms with Gasteiger partial charge in [-0.25, -0.2) is 13.1 Å². The number of hydrogen-bond donors (Lipinski definition) is 1. The summed E-state index contributed by atoms with van der Waals surface area (Å²) in [6.45, 7) is 14.0. The third-order valence-corrected chi connectivity index (χ3v) is 6.33. The van der Waals surface area contributed by atoms with Gasteiger partial charge >= 0.3 is 0 Å². The Morgan fingerprint density at radius 3 is 1.84 bits per heavy atom. The van der Waals surface area contributed by atoms with Crippen LogP contribution in [0.3, 0.4) is 0 Å². The van der Waals surface area contributed by atoms with Crippen LogP contribution in [0.4, 0.5) is 0 Å². The molecule has 1 atom stereocenters. The van der Waals surface area contributed by atoms with Crippen molar-refractivity contribution in [2.45, 2.75) is 64.8 Å². The molecule has 25 heavy (non-hydrogen) atoms. The smallest absolute Gasteiger partial charge is 0.207 e. The number of sulfonamides is 1. The summed E-state index contributed by atoms with van der Waals surface area (Å²) < 4.78 is 28.6. The van der Waals surface area contributed by atoms with Crippen LogP contribution in [0.25, 0.3) is 0 Å². The number of hydrogen-bond acceptors (Lipinski definition) is 2. The largest absolute Gasteiger partial charge is 0.241 e. The first kappa shape index (κ1) is 19.7. The van der Waals surface area contributed by atoms with Gasteiger partial charge < -0.3 is 0 Å². The quantitative estimate of drug-likeness (QED) is 0.839. The van der Waals surface area contributed by atoms with Gasteiger partial charge in [-0.1, -0.05) is 62.7 Å². The van der Waals surface area contributed by atoms with E-state index in [4.69, 9.17) is 0 Å². The highest BCUT2D eigenvalue weighted by atomic mass is 32.2. The first-order chi connectivity index (χ1) is 11.4. The van der Waals surface area contributed by atoms with Gasteiger partial charge in [0.05, 0.1) is 4.90 Å². The Labute approximate surface area is 152 Å². The maximum atomic E-state index is 12.9. The van der Waals surface area contributed by atoms with E-state index in [1.165, 1.54) is 5.56 Å². The topological polar surface area (TPSA) is 46.2 Å². The second-order valence-corrected chi connectivity index (χ2v) is 9.59. The van der Waals surface area contributed by atoms with Crippen molar-refractivity contribution in [1.82, 2.24) is 4.72 Å². The van der Waals surface area contributed by atoms with Crippen LogP contribution in [0.15, 0.2) is 41.3 Å². The Hall–Kier alpha value is -1.65. The molecule has 0 aliphatic heterocycles. The molecular weight excluding hydrogens is 330 g/mol. The van der Waals surface area contributed by atoms with Crippen LogP contribution < -0.4 is 4.72 Å². The SMILES string of the molecule is Cc1cc(C)c(S(=O)(=O)N[C@@H](C)c2ccc(C(C)(C)C)cc2)c(C)c1. The minimum atomic E-state index is -3.57. The fourth-order valence-electron chi connectivity index (χ4n) is 3.22. The third-order valence-electron chi connectivity index (χ3n) is 4.48. The molecule has 0 saturated carbocycles. The Balaban J connectivity index is 2.29. The van der Waals surface area contributed by atoms with E-state index in [0.717, 1.165) is 22.3 Å². The van der Waals surface area contributed by atoms with E-state index >= 15 is 0 Å². The predicted molar refractivity (Wildman–Crippen MR) is 105 cm³/mol. The van der Waals surface area contributed by atoms with Crippen molar-refractivity contribution in [1.29, 1.82) is 0 Å². The molecule has 1 N–H and O–H groups in total. The second kappa shape index (κ2) is 6.93. The second-order valence-electron chi connectivity index (χ2n) is 7.94. The lowest BCUT2D eigenvalue weighted by Crippen LogP contribution is -2.28.